The smallest absolute Gasteiger partial charge is 0.263 e. The molecule has 0 spiro atoms. The van der Waals surface area contributed by atoms with Crippen molar-refractivity contribution in [3.8, 4) is 6.07 Å². The number of nitriles is 1. The molecule has 0 heterocycles. The van der Waals surface area contributed by atoms with Crippen molar-refractivity contribution in [1.29, 1.82) is 5.26 Å². The van der Waals surface area contributed by atoms with E-state index in [1.54, 1.807) is 20.2 Å². The fourth-order valence-electron chi connectivity index (χ4n) is 0.318. The number of nitrogens with zero attached hydrogens (tertiary/aromatic N) is 2. The first-order valence-electron chi connectivity index (χ1n) is 2.40. The number of likely N-dealkylation sites (N-methyl/N-ethyl adjacent to an activating group) is 1. The van der Waals surface area contributed by atoms with E-state index in [4.69, 9.17) is 5.26 Å². The summed E-state index contributed by atoms with van der Waals surface area (Å²) >= 11 is 0. The number of carbonyl (C=O) groups is 1. The van der Waals surface area contributed by atoms with E-state index in [9.17, 15) is 4.79 Å². The van der Waals surface area contributed by atoms with Gasteiger partial charge in [-0.3, -0.25) is 4.79 Å². The van der Waals surface area contributed by atoms with Crippen molar-refractivity contribution < 1.29 is 4.79 Å². The molecule has 3 heteroatoms. The zero-order chi connectivity index (χ0) is 7.44. The molecule has 0 aromatic heterocycles. The van der Waals surface area contributed by atoms with E-state index >= 15 is 0 Å². The van der Waals surface area contributed by atoms with Gasteiger partial charge < -0.3 is 4.90 Å². The Morgan fingerprint density at radius 2 is 2.11 bits per heavy atom. The van der Waals surface area contributed by atoms with Gasteiger partial charge in [0.05, 0.1) is 0 Å². The number of amides is 1. The van der Waals surface area contributed by atoms with Crippen molar-refractivity contribution in [3.05, 3.63) is 12.2 Å². The van der Waals surface area contributed by atoms with E-state index < -0.39 is 0 Å². The lowest BCUT2D eigenvalue weighted by atomic mass is 10.3. The summed E-state index contributed by atoms with van der Waals surface area (Å²) in [7, 11) is 3.15. The molecule has 0 bridgehead atoms. The van der Waals surface area contributed by atoms with Gasteiger partial charge >= 0.3 is 0 Å². The van der Waals surface area contributed by atoms with Crippen LogP contribution in [0.3, 0.4) is 0 Å². The van der Waals surface area contributed by atoms with Crippen LogP contribution in [-0.2, 0) is 4.79 Å². The molecule has 3 nitrogen and oxygen atoms in total. The highest BCUT2D eigenvalue weighted by molar-refractivity contribution is 5.96. The Hall–Kier alpha value is -1.30. The Morgan fingerprint density at radius 1 is 1.67 bits per heavy atom. The number of carbonyl (C=O) groups excluding carboxylic acids is 1. The summed E-state index contributed by atoms with van der Waals surface area (Å²) in [6, 6.07) is 1.66. The predicted octanol–water partition coefficient (Wildman–Crippen LogP) is 0.154. The standard InChI is InChI=1S/C6H8N2O/c1-5(4-7)6(9)8(2)3/h1H2,2-3H3. The lowest BCUT2D eigenvalue weighted by Gasteiger charge is -2.06. The van der Waals surface area contributed by atoms with Gasteiger partial charge in [0, 0.05) is 14.1 Å². The maximum Gasteiger partial charge on any atom is 0.263 e. The lowest BCUT2D eigenvalue weighted by Crippen LogP contribution is -2.22. The maximum absolute atomic E-state index is 10.7. The minimum absolute atomic E-state index is 0.0278. The molecule has 0 fully saturated rings. The molecule has 0 rings (SSSR count). The topological polar surface area (TPSA) is 44.1 Å². The van der Waals surface area contributed by atoms with Crippen LogP contribution in [0.15, 0.2) is 12.2 Å². The molecule has 0 aliphatic carbocycles. The third-order valence-electron chi connectivity index (χ3n) is 0.799. The summed E-state index contributed by atoms with van der Waals surface area (Å²) in [5.74, 6) is -0.336. The van der Waals surface area contributed by atoms with Gasteiger partial charge in [0.2, 0.25) is 0 Å². The average molecular weight is 124 g/mol. The SMILES string of the molecule is C=C(C#N)C(=O)N(C)C. The second kappa shape index (κ2) is 2.88. The van der Waals surface area contributed by atoms with Gasteiger partial charge in [-0.05, 0) is 0 Å². The highest BCUT2D eigenvalue weighted by Gasteiger charge is 2.06. The monoisotopic (exact) mass is 124 g/mol. The van der Waals surface area contributed by atoms with Crippen LogP contribution in [-0.4, -0.2) is 24.9 Å². The summed E-state index contributed by atoms with van der Waals surface area (Å²) < 4.78 is 0. The van der Waals surface area contributed by atoms with Crippen LogP contribution in [0.5, 0.6) is 0 Å². The largest absolute Gasteiger partial charge is 0.344 e. The molecule has 1 amide bonds. The molecule has 0 saturated carbocycles. The van der Waals surface area contributed by atoms with Crippen LogP contribution in [0.1, 0.15) is 0 Å². The molecule has 0 N–H and O–H groups in total. The molecule has 0 unspecified atom stereocenters. The van der Waals surface area contributed by atoms with Crippen LogP contribution < -0.4 is 0 Å². The van der Waals surface area contributed by atoms with Crippen molar-refractivity contribution >= 4 is 5.91 Å². The van der Waals surface area contributed by atoms with Crippen molar-refractivity contribution in [2.75, 3.05) is 14.1 Å². The van der Waals surface area contributed by atoms with Crippen molar-refractivity contribution in [2.45, 2.75) is 0 Å². The molecule has 9 heavy (non-hydrogen) atoms. The van der Waals surface area contributed by atoms with E-state index in [0.29, 0.717) is 0 Å². The molecule has 0 aliphatic rings. The summed E-state index contributed by atoms with van der Waals surface area (Å²) in [6.45, 7) is 3.24. The lowest BCUT2D eigenvalue weighted by molar-refractivity contribution is -0.124. The second-order valence-corrected chi connectivity index (χ2v) is 1.79. The van der Waals surface area contributed by atoms with Gasteiger partial charge in [-0.15, -0.1) is 0 Å². The van der Waals surface area contributed by atoms with Gasteiger partial charge in [-0.1, -0.05) is 6.58 Å². The average Bonchev–Trinajstić information content (AvgIpc) is 1.84. The minimum Gasteiger partial charge on any atom is -0.344 e. The summed E-state index contributed by atoms with van der Waals surface area (Å²) in [6.07, 6.45) is 0. The van der Waals surface area contributed by atoms with Crippen molar-refractivity contribution in [3.63, 3.8) is 0 Å². The van der Waals surface area contributed by atoms with E-state index in [2.05, 4.69) is 6.58 Å². The summed E-state index contributed by atoms with van der Waals surface area (Å²) in [4.78, 5) is 12.0. The normalized spacial score (nSPS) is 7.67. The molecule has 0 saturated heterocycles. The molecule has 0 atom stereocenters. The summed E-state index contributed by atoms with van der Waals surface area (Å²) in [5, 5.41) is 8.16. The van der Waals surface area contributed by atoms with Crippen LogP contribution in [0.2, 0.25) is 0 Å². The Labute approximate surface area is 54.2 Å². The van der Waals surface area contributed by atoms with Gasteiger partial charge in [0.15, 0.2) is 0 Å². The molecule has 0 radical (unpaired) electrons. The van der Waals surface area contributed by atoms with Gasteiger partial charge in [0.1, 0.15) is 11.6 Å². The van der Waals surface area contributed by atoms with Crippen LogP contribution in [0.4, 0.5) is 0 Å². The molecular formula is C6H8N2O. The number of hydrogen-bond donors (Lipinski definition) is 0. The molecular weight excluding hydrogens is 116 g/mol. The van der Waals surface area contributed by atoms with E-state index in [1.165, 1.54) is 4.90 Å². The second-order valence-electron chi connectivity index (χ2n) is 1.79. The van der Waals surface area contributed by atoms with E-state index in [0.717, 1.165) is 0 Å². The fraction of sp³-hybridized carbons (Fsp3) is 0.333. The van der Waals surface area contributed by atoms with Crippen LogP contribution in [0.25, 0.3) is 0 Å². The van der Waals surface area contributed by atoms with Crippen molar-refractivity contribution in [1.82, 2.24) is 4.90 Å². The highest BCUT2D eigenvalue weighted by atomic mass is 16.2. The third-order valence-corrected chi connectivity index (χ3v) is 0.799. The van der Waals surface area contributed by atoms with Crippen LogP contribution >= 0.6 is 0 Å². The predicted molar refractivity (Wildman–Crippen MR) is 33.4 cm³/mol. The Bertz CT molecular complexity index is 176. The quantitative estimate of drug-likeness (QED) is 0.369. The molecule has 0 aromatic carbocycles. The first kappa shape index (κ1) is 7.70. The van der Waals surface area contributed by atoms with Crippen LogP contribution in [0, 0.1) is 11.3 Å². The van der Waals surface area contributed by atoms with Gasteiger partial charge in [-0.2, -0.15) is 5.26 Å². The number of hydrogen-bond acceptors (Lipinski definition) is 2. The Kier molecular flexibility index (Phi) is 2.46. The first-order chi connectivity index (χ1) is 4.09. The third kappa shape index (κ3) is 1.96. The molecule has 0 aliphatic heterocycles. The zero-order valence-corrected chi connectivity index (χ0v) is 5.51. The van der Waals surface area contributed by atoms with Gasteiger partial charge in [0.25, 0.3) is 5.91 Å². The van der Waals surface area contributed by atoms with E-state index in [1.807, 2.05) is 0 Å². The van der Waals surface area contributed by atoms with E-state index in [-0.39, 0.29) is 11.5 Å². The Morgan fingerprint density at radius 3 is 2.22 bits per heavy atom. The van der Waals surface area contributed by atoms with Gasteiger partial charge in [-0.25, -0.2) is 0 Å². The highest BCUT2D eigenvalue weighted by Crippen LogP contribution is 1.90. The first-order valence-corrected chi connectivity index (χ1v) is 2.40. The Balaban J connectivity index is 4.10. The number of rotatable bonds is 1. The fourth-order valence-corrected chi connectivity index (χ4v) is 0.318. The zero-order valence-electron chi connectivity index (χ0n) is 5.51. The van der Waals surface area contributed by atoms with Crippen molar-refractivity contribution in [2.24, 2.45) is 0 Å². The molecule has 0 aromatic rings. The maximum atomic E-state index is 10.7. The molecule has 48 valence electrons. The summed E-state index contributed by atoms with van der Waals surface area (Å²) in [5.41, 5.74) is -0.0278. The minimum atomic E-state index is -0.336.